The van der Waals surface area contributed by atoms with Crippen LogP contribution in [0.2, 0.25) is 0 Å². The maximum Gasteiger partial charge on any atom is 0.255 e. The molecule has 20 heavy (non-hydrogen) atoms. The second kappa shape index (κ2) is 5.48. The van der Waals surface area contributed by atoms with Crippen molar-refractivity contribution in [3.05, 3.63) is 47.8 Å². The minimum Gasteiger partial charge on any atom is -0.504 e. The highest BCUT2D eigenvalue weighted by Gasteiger charge is 2.12. The molecule has 0 aliphatic rings. The molecule has 4 N–H and O–H groups in total. The summed E-state index contributed by atoms with van der Waals surface area (Å²) in [6.45, 7) is 0. The number of phenols is 1. The monoisotopic (exact) mass is 276 g/mol. The SMILES string of the molecule is COc1ccc(C(=O)Nc2ccc(N)cc2F)cc1O. The van der Waals surface area contributed by atoms with Crippen molar-refractivity contribution >= 4 is 17.3 Å². The number of nitrogens with one attached hydrogen (secondary N) is 1. The topological polar surface area (TPSA) is 84.6 Å². The lowest BCUT2D eigenvalue weighted by molar-refractivity contribution is 0.102. The van der Waals surface area contributed by atoms with Crippen LogP contribution in [0.25, 0.3) is 0 Å². The van der Waals surface area contributed by atoms with Gasteiger partial charge in [-0.15, -0.1) is 0 Å². The average Bonchev–Trinajstić information content (AvgIpc) is 2.41. The maximum atomic E-state index is 13.6. The van der Waals surface area contributed by atoms with Crippen LogP contribution >= 0.6 is 0 Å². The van der Waals surface area contributed by atoms with E-state index < -0.39 is 11.7 Å². The van der Waals surface area contributed by atoms with Crippen LogP contribution in [0, 0.1) is 5.82 Å². The number of nitrogen functional groups attached to an aromatic ring is 1. The van der Waals surface area contributed by atoms with Gasteiger partial charge >= 0.3 is 0 Å². The Morgan fingerprint density at radius 1 is 1.30 bits per heavy atom. The second-order valence-corrected chi connectivity index (χ2v) is 4.08. The molecule has 0 heterocycles. The summed E-state index contributed by atoms with van der Waals surface area (Å²) in [5.41, 5.74) is 5.88. The summed E-state index contributed by atoms with van der Waals surface area (Å²) in [7, 11) is 1.40. The van der Waals surface area contributed by atoms with Gasteiger partial charge in [-0.3, -0.25) is 4.79 Å². The number of hydrogen-bond donors (Lipinski definition) is 3. The van der Waals surface area contributed by atoms with Gasteiger partial charge in [0, 0.05) is 11.3 Å². The normalized spacial score (nSPS) is 10.1. The van der Waals surface area contributed by atoms with Gasteiger partial charge in [-0.1, -0.05) is 0 Å². The highest BCUT2D eigenvalue weighted by atomic mass is 19.1. The zero-order valence-electron chi connectivity index (χ0n) is 10.7. The molecule has 0 saturated carbocycles. The summed E-state index contributed by atoms with van der Waals surface area (Å²) >= 11 is 0. The van der Waals surface area contributed by atoms with Crippen molar-refractivity contribution < 1.29 is 19.0 Å². The van der Waals surface area contributed by atoms with E-state index in [9.17, 15) is 14.3 Å². The van der Waals surface area contributed by atoms with E-state index in [0.717, 1.165) is 6.07 Å². The number of phenolic OH excluding ortho intramolecular Hbond substituents is 1. The van der Waals surface area contributed by atoms with Crippen LogP contribution in [0.5, 0.6) is 11.5 Å². The van der Waals surface area contributed by atoms with E-state index in [1.807, 2.05) is 0 Å². The van der Waals surface area contributed by atoms with Crippen molar-refractivity contribution in [3.8, 4) is 11.5 Å². The summed E-state index contributed by atoms with van der Waals surface area (Å²) in [5.74, 6) is -1.10. The third-order valence-electron chi connectivity index (χ3n) is 2.68. The summed E-state index contributed by atoms with van der Waals surface area (Å²) < 4.78 is 18.4. The Hall–Kier alpha value is -2.76. The van der Waals surface area contributed by atoms with Crippen molar-refractivity contribution in [1.82, 2.24) is 0 Å². The minimum absolute atomic E-state index is 0.0134. The van der Waals surface area contributed by atoms with Gasteiger partial charge in [0.2, 0.25) is 0 Å². The fourth-order valence-corrected chi connectivity index (χ4v) is 1.66. The maximum absolute atomic E-state index is 13.6. The Balaban J connectivity index is 2.21. The lowest BCUT2D eigenvalue weighted by atomic mass is 10.2. The number of hydrogen-bond acceptors (Lipinski definition) is 4. The van der Waals surface area contributed by atoms with Gasteiger partial charge in [0.15, 0.2) is 11.5 Å². The number of anilines is 2. The van der Waals surface area contributed by atoms with E-state index in [-0.39, 0.29) is 28.4 Å². The third-order valence-corrected chi connectivity index (χ3v) is 2.68. The fraction of sp³-hybridized carbons (Fsp3) is 0.0714. The molecule has 0 spiro atoms. The van der Waals surface area contributed by atoms with E-state index >= 15 is 0 Å². The molecular formula is C14H13FN2O3. The first-order valence-corrected chi connectivity index (χ1v) is 5.74. The van der Waals surface area contributed by atoms with Crippen molar-refractivity contribution in [2.45, 2.75) is 0 Å². The smallest absolute Gasteiger partial charge is 0.255 e. The molecule has 0 atom stereocenters. The number of rotatable bonds is 3. The molecule has 0 aliphatic carbocycles. The molecule has 0 unspecified atom stereocenters. The van der Waals surface area contributed by atoms with Crippen LogP contribution in [-0.2, 0) is 0 Å². The van der Waals surface area contributed by atoms with Crippen LogP contribution in [0.4, 0.5) is 15.8 Å². The molecule has 104 valence electrons. The molecule has 0 bridgehead atoms. The number of ether oxygens (including phenoxy) is 1. The Morgan fingerprint density at radius 2 is 2.05 bits per heavy atom. The second-order valence-electron chi connectivity index (χ2n) is 4.08. The summed E-state index contributed by atoms with van der Waals surface area (Å²) in [5, 5.41) is 12.0. The first kappa shape index (κ1) is 13.7. The number of methoxy groups -OCH3 is 1. The fourth-order valence-electron chi connectivity index (χ4n) is 1.66. The number of halogens is 1. The van der Waals surface area contributed by atoms with Crippen LogP contribution in [0.15, 0.2) is 36.4 Å². The lowest BCUT2D eigenvalue weighted by Crippen LogP contribution is -2.13. The number of benzene rings is 2. The molecular weight excluding hydrogens is 263 g/mol. The van der Waals surface area contributed by atoms with Crippen LogP contribution in [-0.4, -0.2) is 18.1 Å². The van der Waals surface area contributed by atoms with Gasteiger partial charge in [-0.2, -0.15) is 0 Å². The first-order valence-electron chi connectivity index (χ1n) is 5.74. The standard InChI is InChI=1S/C14H13FN2O3/c1-20-13-5-2-8(6-12(13)18)14(19)17-11-4-3-9(16)7-10(11)15/h2-7,18H,16H2,1H3,(H,17,19). The molecule has 0 aliphatic heterocycles. The third kappa shape index (κ3) is 2.80. The number of aromatic hydroxyl groups is 1. The lowest BCUT2D eigenvalue weighted by Gasteiger charge is -2.08. The summed E-state index contributed by atoms with van der Waals surface area (Å²) in [6, 6.07) is 8.10. The number of carbonyl (C=O) groups excluding carboxylic acids is 1. The zero-order valence-corrected chi connectivity index (χ0v) is 10.7. The van der Waals surface area contributed by atoms with E-state index in [0.29, 0.717) is 0 Å². The van der Waals surface area contributed by atoms with Gasteiger partial charge < -0.3 is 20.9 Å². The zero-order chi connectivity index (χ0) is 14.7. The molecule has 5 nitrogen and oxygen atoms in total. The molecule has 1 amide bonds. The highest BCUT2D eigenvalue weighted by molar-refractivity contribution is 6.04. The van der Waals surface area contributed by atoms with Crippen LogP contribution in [0.3, 0.4) is 0 Å². The summed E-state index contributed by atoms with van der Waals surface area (Å²) in [6.07, 6.45) is 0. The molecule has 2 rings (SSSR count). The predicted molar refractivity (Wildman–Crippen MR) is 73.4 cm³/mol. The van der Waals surface area contributed by atoms with Crippen molar-refractivity contribution in [2.75, 3.05) is 18.2 Å². The Bertz CT molecular complexity index is 659. The minimum atomic E-state index is -0.629. The van der Waals surface area contributed by atoms with Gasteiger partial charge in [0.25, 0.3) is 5.91 Å². The summed E-state index contributed by atoms with van der Waals surface area (Å²) in [4.78, 5) is 11.9. The van der Waals surface area contributed by atoms with Gasteiger partial charge in [0.1, 0.15) is 5.82 Å². The van der Waals surface area contributed by atoms with E-state index in [1.165, 1.54) is 37.4 Å². The van der Waals surface area contributed by atoms with Crippen molar-refractivity contribution in [1.29, 1.82) is 0 Å². The molecule has 2 aromatic rings. The van der Waals surface area contributed by atoms with Crippen LogP contribution in [0.1, 0.15) is 10.4 Å². The average molecular weight is 276 g/mol. The molecule has 6 heteroatoms. The quantitative estimate of drug-likeness (QED) is 0.751. The molecule has 2 aromatic carbocycles. The molecule has 0 aromatic heterocycles. The Labute approximate surface area is 114 Å². The van der Waals surface area contributed by atoms with Gasteiger partial charge in [-0.25, -0.2) is 4.39 Å². The first-order chi connectivity index (χ1) is 9.51. The largest absolute Gasteiger partial charge is 0.504 e. The molecule has 0 saturated heterocycles. The highest BCUT2D eigenvalue weighted by Crippen LogP contribution is 2.27. The van der Waals surface area contributed by atoms with E-state index in [2.05, 4.69) is 5.32 Å². The van der Waals surface area contributed by atoms with E-state index in [1.54, 1.807) is 0 Å². The number of nitrogens with two attached hydrogens (primary N) is 1. The molecule has 0 fully saturated rings. The Kier molecular flexibility index (Phi) is 3.74. The van der Waals surface area contributed by atoms with E-state index in [4.69, 9.17) is 10.5 Å². The van der Waals surface area contributed by atoms with Gasteiger partial charge in [0.05, 0.1) is 12.8 Å². The van der Waals surface area contributed by atoms with Gasteiger partial charge in [-0.05, 0) is 36.4 Å². The number of amides is 1. The van der Waals surface area contributed by atoms with Crippen LogP contribution < -0.4 is 15.8 Å². The number of carbonyl (C=O) groups is 1. The molecule has 0 radical (unpaired) electrons. The van der Waals surface area contributed by atoms with Crippen molar-refractivity contribution in [3.63, 3.8) is 0 Å². The predicted octanol–water partition coefficient (Wildman–Crippen LogP) is 2.37. The van der Waals surface area contributed by atoms with Crippen molar-refractivity contribution in [2.24, 2.45) is 0 Å². The Morgan fingerprint density at radius 3 is 2.65 bits per heavy atom.